The minimum Gasteiger partial charge on any atom is -0.369 e. The molecule has 1 fully saturated rings. The van der Waals surface area contributed by atoms with E-state index in [1.165, 1.54) is 15.3 Å². The number of nitrogens with zero attached hydrogens (tertiary/aromatic N) is 2. The first-order chi connectivity index (χ1) is 11.9. The van der Waals surface area contributed by atoms with E-state index in [4.69, 9.17) is 11.6 Å². The molecule has 0 saturated carbocycles. The number of hydrogen-bond acceptors (Lipinski definition) is 3. The van der Waals surface area contributed by atoms with E-state index in [9.17, 15) is 8.42 Å². The van der Waals surface area contributed by atoms with E-state index in [0.29, 0.717) is 31.2 Å². The summed E-state index contributed by atoms with van der Waals surface area (Å²) < 4.78 is 26.6. The lowest BCUT2D eigenvalue weighted by Gasteiger charge is -2.35. The lowest BCUT2D eigenvalue weighted by molar-refractivity contribution is 0.390. The number of piperazine rings is 1. The fraction of sp³-hybridized carbons (Fsp3) is 0.263. The van der Waals surface area contributed by atoms with Crippen molar-refractivity contribution in [2.75, 3.05) is 31.1 Å². The van der Waals surface area contributed by atoms with Gasteiger partial charge in [-0.15, -0.1) is 0 Å². The van der Waals surface area contributed by atoms with Crippen molar-refractivity contribution in [1.29, 1.82) is 0 Å². The highest BCUT2D eigenvalue weighted by Crippen LogP contribution is 2.19. The topological polar surface area (TPSA) is 40.6 Å². The third-order valence-electron chi connectivity index (χ3n) is 4.27. The highest BCUT2D eigenvalue weighted by Gasteiger charge is 2.25. The first kappa shape index (κ1) is 18.0. The van der Waals surface area contributed by atoms with Gasteiger partial charge in [0.1, 0.15) is 0 Å². The van der Waals surface area contributed by atoms with Crippen molar-refractivity contribution < 1.29 is 8.42 Å². The molecule has 132 valence electrons. The van der Waals surface area contributed by atoms with E-state index in [-0.39, 0.29) is 0 Å². The zero-order chi connectivity index (χ0) is 17.9. The molecule has 2 aromatic rings. The monoisotopic (exact) mass is 376 g/mol. The average Bonchev–Trinajstić information content (AvgIpc) is 2.61. The molecule has 0 N–H and O–H groups in total. The van der Waals surface area contributed by atoms with Crippen molar-refractivity contribution in [3.05, 3.63) is 70.1 Å². The second-order valence-corrected chi connectivity index (χ2v) is 8.38. The van der Waals surface area contributed by atoms with Gasteiger partial charge in [-0.1, -0.05) is 35.9 Å². The van der Waals surface area contributed by atoms with Crippen molar-refractivity contribution >= 4 is 33.4 Å². The Labute approximate surface area is 154 Å². The lowest BCUT2D eigenvalue weighted by Crippen LogP contribution is -2.48. The molecule has 0 unspecified atom stereocenters. The molecule has 3 rings (SSSR count). The molecule has 1 aliphatic heterocycles. The van der Waals surface area contributed by atoms with Gasteiger partial charge in [0.15, 0.2) is 0 Å². The van der Waals surface area contributed by atoms with E-state index < -0.39 is 10.0 Å². The van der Waals surface area contributed by atoms with E-state index >= 15 is 0 Å². The summed E-state index contributed by atoms with van der Waals surface area (Å²) in [6, 6.07) is 15.4. The second kappa shape index (κ2) is 7.60. The summed E-state index contributed by atoms with van der Waals surface area (Å²) in [5.41, 5.74) is 3.17. The molecule has 1 aliphatic rings. The SMILES string of the molecule is Cc1cccc(N2CCN(S(=O)(=O)/C=C/c3ccc(Cl)cc3)CC2)c1. The number of sulfonamides is 1. The largest absolute Gasteiger partial charge is 0.369 e. The predicted octanol–water partition coefficient (Wildman–Crippen LogP) is 3.77. The number of rotatable bonds is 4. The van der Waals surface area contributed by atoms with E-state index in [0.717, 1.165) is 11.3 Å². The second-order valence-electron chi connectivity index (χ2n) is 6.12. The zero-order valence-corrected chi connectivity index (χ0v) is 15.7. The molecule has 6 heteroatoms. The molecule has 1 heterocycles. The highest BCUT2D eigenvalue weighted by molar-refractivity contribution is 7.92. The van der Waals surface area contributed by atoms with Gasteiger partial charge in [-0.25, -0.2) is 8.42 Å². The van der Waals surface area contributed by atoms with Crippen LogP contribution >= 0.6 is 11.6 Å². The third-order valence-corrected chi connectivity index (χ3v) is 6.08. The van der Waals surface area contributed by atoms with Crippen molar-refractivity contribution in [3.8, 4) is 0 Å². The Morgan fingerprint density at radius 2 is 1.68 bits per heavy atom. The Morgan fingerprint density at radius 3 is 2.32 bits per heavy atom. The van der Waals surface area contributed by atoms with Crippen LogP contribution in [-0.2, 0) is 10.0 Å². The highest BCUT2D eigenvalue weighted by atomic mass is 35.5. The summed E-state index contributed by atoms with van der Waals surface area (Å²) in [6.07, 6.45) is 1.61. The molecule has 0 radical (unpaired) electrons. The van der Waals surface area contributed by atoms with Gasteiger partial charge in [-0.05, 0) is 48.4 Å². The van der Waals surface area contributed by atoms with E-state index in [2.05, 4.69) is 30.0 Å². The van der Waals surface area contributed by atoms with Crippen LogP contribution in [-0.4, -0.2) is 38.9 Å². The third kappa shape index (κ3) is 4.63. The van der Waals surface area contributed by atoms with Crippen LogP contribution in [0, 0.1) is 6.92 Å². The normalized spacial score (nSPS) is 16.5. The van der Waals surface area contributed by atoms with Crippen LogP contribution in [0.3, 0.4) is 0 Å². The molecule has 0 spiro atoms. The molecule has 25 heavy (non-hydrogen) atoms. The maximum absolute atomic E-state index is 12.5. The van der Waals surface area contributed by atoms with Crippen LogP contribution in [0.5, 0.6) is 0 Å². The summed E-state index contributed by atoms with van der Waals surface area (Å²) in [4.78, 5) is 2.22. The van der Waals surface area contributed by atoms with Gasteiger partial charge < -0.3 is 4.90 Å². The Kier molecular flexibility index (Phi) is 5.47. The molecule has 4 nitrogen and oxygen atoms in total. The van der Waals surface area contributed by atoms with Gasteiger partial charge in [0, 0.05) is 42.3 Å². The standard InChI is InChI=1S/C19H21ClN2O2S/c1-16-3-2-4-19(15-16)21-10-12-22(13-11-21)25(23,24)14-9-17-5-7-18(20)8-6-17/h2-9,14-15H,10-13H2,1H3/b14-9+. The average molecular weight is 377 g/mol. The molecular weight excluding hydrogens is 356 g/mol. The quantitative estimate of drug-likeness (QED) is 0.815. The molecule has 0 atom stereocenters. The van der Waals surface area contributed by atoms with Gasteiger partial charge in [0.25, 0.3) is 0 Å². The molecule has 1 saturated heterocycles. The van der Waals surface area contributed by atoms with Crippen molar-refractivity contribution in [2.45, 2.75) is 6.92 Å². The molecule has 2 aromatic carbocycles. The van der Waals surface area contributed by atoms with Crippen molar-refractivity contribution in [2.24, 2.45) is 0 Å². The van der Waals surface area contributed by atoms with Gasteiger partial charge in [0.05, 0.1) is 0 Å². The molecule has 0 aliphatic carbocycles. The Morgan fingerprint density at radius 1 is 1.00 bits per heavy atom. The molecule has 0 amide bonds. The Balaban J connectivity index is 1.64. The van der Waals surface area contributed by atoms with Crippen LogP contribution < -0.4 is 4.90 Å². The van der Waals surface area contributed by atoms with E-state index in [1.54, 1.807) is 30.3 Å². The zero-order valence-electron chi connectivity index (χ0n) is 14.1. The van der Waals surface area contributed by atoms with Gasteiger partial charge in [-0.3, -0.25) is 0 Å². The smallest absolute Gasteiger partial charge is 0.236 e. The van der Waals surface area contributed by atoms with Crippen LogP contribution in [0.2, 0.25) is 5.02 Å². The van der Waals surface area contributed by atoms with Gasteiger partial charge >= 0.3 is 0 Å². The number of aryl methyl sites for hydroxylation is 1. The Hall–Kier alpha value is -1.82. The van der Waals surface area contributed by atoms with Crippen LogP contribution in [0.25, 0.3) is 6.08 Å². The summed E-state index contributed by atoms with van der Waals surface area (Å²) in [5, 5.41) is 1.91. The molecule has 0 bridgehead atoms. The lowest BCUT2D eigenvalue weighted by atomic mass is 10.2. The maximum Gasteiger partial charge on any atom is 0.236 e. The first-order valence-corrected chi connectivity index (χ1v) is 10.1. The summed E-state index contributed by atoms with van der Waals surface area (Å²) in [7, 11) is -3.41. The number of halogens is 1. The predicted molar refractivity (Wildman–Crippen MR) is 104 cm³/mol. The number of benzene rings is 2. The minimum absolute atomic E-state index is 0.487. The fourth-order valence-corrected chi connectivity index (χ4v) is 4.15. The van der Waals surface area contributed by atoms with Crippen molar-refractivity contribution in [3.63, 3.8) is 0 Å². The summed E-state index contributed by atoms with van der Waals surface area (Å²) >= 11 is 5.84. The maximum atomic E-state index is 12.5. The number of hydrogen-bond donors (Lipinski definition) is 0. The van der Waals surface area contributed by atoms with Crippen LogP contribution in [0.15, 0.2) is 53.9 Å². The van der Waals surface area contributed by atoms with E-state index in [1.807, 2.05) is 6.07 Å². The van der Waals surface area contributed by atoms with Crippen LogP contribution in [0.1, 0.15) is 11.1 Å². The molecular formula is C19H21ClN2O2S. The number of anilines is 1. The van der Waals surface area contributed by atoms with Gasteiger partial charge in [-0.2, -0.15) is 4.31 Å². The molecule has 0 aromatic heterocycles. The first-order valence-electron chi connectivity index (χ1n) is 8.19. The Bertz CT molecular complexity index is 855. The summed E-state index contributed by atoms with van der Waals surface area (Å²) in [5.74, 6) is 0. The van der Waals surface area contributed by atoms with Crippen LogP contribution in [0.4, 0.5) is 5.69 Å². The van der Waals surface area contributed by atoms with Gasteiger partial charge in [0.2, 0.25) is 10.0 Å². The minimum atomic E-state index is -3.41. The summed E-state index contributed by atoms with van der Waals surface area (Å²) in [6.45, 7) is 4.42. The van der Waals surface area contributed by atoms with Crippen molar-refractivity contribution in [1.82, 2.24) is 4.31 Å². The fourth-order valence-electron chi connectivity index (χ4n) is 2.85.